The van der Waals surface area contributed by atoms with Crippen molar-refractivity contribution in [1.82, 2.24) is 9.97 Å². The molecule has 3 aromatic carbocycles. The zero-order chi connectivity index (χ0) is 32.2. The molecule has 5 rings (SSSR count). The maximum Gasteiger partial charge on any atom is 0.416 e. The van der Waals surface area contributed by atoms with E-state index < -0.39 is 29.0 Å². The number of anilines is 3. The number of nitrogens with zero attached hydrogens (tertiary/aromatic N) is 4. The lowest BCUT2D eigenvalue weighted by Gasteiger charge is -2.28. The number of benzene rings is 3. The molecular formula is C31H27F6N5O3. The van der Waals surface area contributed by atoms with Crippen LogP contribution in [-0.4, -0.2) is 49.6 Å². The first kappa shape index (κ1) is 31.6. The molecule has 1 fully saturated rings. The van der Waals surface area contributed by atoms with E-state index in [9.17, 15) is 26.3 Å². The molecule has 1 aliphatic rings. The summed E-state index contributed by atoms with van der Waals surface area (Å²) in [7, 11) is 1.44. The van der Waals surface area contributed by atoms with E-state index in [-0.39, 0.29) is 29.3 Å². The third kappa shape index (κ3) is 8.01. The molecule has 8 nitrogen and oxygen atoms in total. The predicted octanol–water partition coefficient (Wildman–Crippen LogP) is 7.95. The van der Waals surface area contributed by atoms with Crippen molar-refractivity contribution in [2.45, 2.75) is 19.3 Å². The van der Waals surface area contributed by atoms with Crippen LogP contribution >= 0.6 is 0 Å². The first-order valence-corrected chi connectivity index (χ1v) is 13.6. The standard InChI is InChI=1S/C31H27F6N5O3/c1-19-3-8-26(27(13-19)43-2)45-28-25(38-17-20-14-21(30(32,33)34)16-22(15-20)31(35,36)37)18-39-29(41-28)40-23-4-6-24(7-5-23)42-9-11-44-12-10-42/h3-8,13-18H,9-12H2,1-2H3,(H,39,40,41). The minimum Gasteiger partial charge on any atom is -0.493 e. The first-order chi connectivity index (χ1) is 21.4. The summed E-state index contributed by atoms with van der Waals surface area (Å²) in [6.07, 6.45) is -7.91. The summed E-state index contributed by atoms with van der Waals surface area (Å²) in [5.74, 6) is 0.591. The molecule has 1 aromatic heterocycles. The Hall–Kier alpha value is -4.85. The summed E-state index contributed by atoms with van der Waals surface area (Å²) in [6.45, 7) is 4.70. The lowest BCUT2D eigenvalue weighted by Crippen LogP contribution is -2.36. The van der Waals surface area contributed by atoms with Crippen molar-refractivity contribution in [2.24, 2.45) is 4.99 Å². The second-order valence-electron chi connectivity index (χ2n) is 10.0. The molecule has 0 atom stereocenters. The predicted molar refractivity (Wildman–Crippen MR) is 156 cm³/mol. The fourth-order valence-electron chi connectivity index (χ4n) is 4.45. The number of aryl methyl sites for hydroxylation is 1. The highest BCUT2D eigenvalue weighted by atomic mass is 19.4. The quantitative estimate of drug-likeness (QED) is 0.156. The van der Waals surface area contributed by atoms with Crippen molar-refractivity contribution in [1.29, 1.82) is 0 Å². The molecule has 1 aliphatic heterocycles. The molecule has 0 spiro atoms. The van der Waals surface area contributed by atoms with Gasteiger partial charge in [-0.3, -0.25) is 0 Å². The Labute approximate surface area is 254 Å². The Morgan fingerprint density at radius 3 is 2.18 bits per heavy atom. The number of hydrogen-bond acceptors (Lipinski definition) is 8. The normalized spacial score (nSPS) is 14.1. The zero-order valence-corrected chi connectivity index (χ0v) is 24.0. The van der Waals surface area contributed by atoms with Gasteiger partial charge in [-0.1, -0.05) is 6.07 Å². The van der Waals surface area contributed by atoms with Gasteiger partial charge in [-0.2, -0.15) is 31.3 Å². The fourth-order valence-corrected chi connectivity index (χ4v) is 4.45. The summed E-state index contributed by atoms with van der Waals surface area (Å²) in [4.78, 5) is 14.9. The molecule has 45 heavy (non-hydrogen) atoms. The topological polar surface area (TPSA) is 81.1 Å². The van der Waals surface area contributed by atoms with Gasteiger partial charge in [0, 0.05) is 30.7 Å². The molecule has 0 unspecified atom stereocenters. The lowest BCUT2D eigenvalue weighted by atomic mass is 10.1. The molecule has 0 bridgehead atoms. The molecule has 4 aromatic rings. The number of nitrogens with one attached hydrogen (secondary N) is 1. The Balaban J connectivity index is 1.48. The average molecular weight is 632 g/mol. The van der Waals surface area contributed by atoms with Crippen LogP contribution in [0.15, 0.2) is 71.9 Å². The number of morpholine rings is 1. The number of hydrogen-bond donors (Lipinski definition) is 1. The van der Waals surface area contributed by atoms with Gasteiger partial charge in [0.05, 0.1) is 37.6 Å². The van der Waals surface area contributed by atoms with Crippen LogP contribution in [0.5, 0.6) is 17.4 Å². The van der Waals surface area contributed by atoms with Crippen LogP contribution in [0.2, 0.25) is 0 Å². The van der Waals surface area contributed by atoms with Gasteiger partial charge in [-0.25, -0.2) is 9.98 Å². The van der Waals surface area contributed by atoms with Gasteiger partial charge in [-0.15, -0.1) is 0 Å². The van der Waals surface area contributed by atoms with Crippen molar-refractivity contribution in [2.75, 3.05) is 43.6 Å². The number of halogens is 6. The maximum absolute atomic E-state index is 13.4. The molecule has 1 N–H and O–H groups in total. The van der Waals surface area contributed by atoms with Crippen molar-refractivity contribution in [3.05, 3.63) is 89.1 Å². The minimum atomic E-state index is -5.00. The zero-order valence-electron chi connectivity index (χ0n) is 24.0. The largest absolute Gasteiger partial charge is 0.493 e. The van der Waals surface area contributed by atoms with Crippen molar-refractivity contribution >= 4 is 29.2 Å². The number of aromatic nitrogens is 2. The highest BCUT2D eigenvalue weighted by molar-refractivity contribution is 5.83. The van der Waals surface area contributed by atoms with Gasteiger partial charge in [0.1, 0.15) is 5.69 Å². The molecule has 1 saturated heterocycles. The van der Waals surface area contributed by atoms with Crippen LogP contribution in [-0.2, 0) is 17.1 Å². The van der Waals surface area contributed by atoms with Crippen LogP contribution in [0.4, 0.5) is 49.4 Å². The van der Waals surface area contributed by atoms with Crippen LogP contribution in [0.3, 0.4) is 0 Å². The number of aliphatic imine (C=N–C) groups is 1. The molecule has 2 heterocycles. The Morgan fingerprint density at radius 1 is 0.889 bits per heavy atom. The molecular weight excluding hydrogens is 604 g/mol. The van der Waals surface area contributed by atoms with Gasteiger partial charge in [0.2, 0.25) is 5.95 Å². The van der Waals surface area contributed by atoms with E-state index in [2.05, 4.69) is 25.2 Å². The third-order valence-electron chi connectivity index (χ3n) is 6.72. The second kappa shape index (κ2) is 13.0. The van der Waals surface area contributed by atoms with Gasteiger partial charge in [-0.05, 0) is 72.6 Å². The van der Waals surface area contributed by atoms with E-state index in [1.807, 2.05) is 31.2 Å². The molecule has 14 heteroatoms. The van der Waals surface area contributed by atoms with Crippen LogP contribution < -0.4 is 19.7 Å². The van der Waals surface area contributed by atoms with Crippen molar-refractivity contribution in [3.8, 4) is 17.4 Å². The second-order valence-corrected chi connectivity index (χ2v) is 10.0. The number of methoxy groups -OCH3 is 1. The fraction of sp³-hybridized carbons (Fsp3) is 0.258. The average Bonchev–Trinajstić information content (AvgIpc) is 3.01. The summed E-state index contributed by atoms with van der Waals surface area (Å²) >= 11 is 0. The Morgan fingerprint density at radius 2 is 1.56 bits per heavy atom. The monoisotopic (exact) mass is 631 g/mol. The van der Waals surface area contributed by atoms with E-state index in [0.29, 0.717) is 36.8 Å². The Bertz CT molecular complexity index is 1640. The summed E-state index contributed by atoms with van der Waals surface area (Å²) in [6, 6.07) is 13.9. The van der Waals surface area contributed by atoms with E-state index in [0.717, 1.165) is 30.6 Å². The maximum atomic E-state index is 13.4. The first-order valence-electron chi connectivity index (χ1n) is 13.6. The molecule has 236 valence electrons. The van der Waals surface area contributed by atoms with E-state index in [4.69, 9.17) is 14.2 Å². The lowest BCUT2D eigenvalue weighted by molar-refractivity contribution is -0.143. The van der Waals surface area contributed by atoms with Gasteiger partial charge in [0.25, 0.3) is 5.88 Å². The van der Waals surface area contributed by atoms with Gasteiger partial charge < -0.3 is 24.4 Å². The molecule has 0 amide bonds. The van der Waals surface area contributed by atoms with Crippen molar-refractivity contribution < 1.29 is 40.6 Å². The third-order valence-corrected chi connectivity index (χ3v) is 6.72. The van der Waals surface area contributed by atoms with Crippen LogP contribution in [0.25, 0.3) is 0 Å². The molecule has 0 saturated carbocycles. The summed E-state index contributed by atoms with van der Waals surface area (Å²) in [5.41, 5.74) is -0.854. The summed E-state index contributed by atoms with van der Waals surface area (Å²) < 4.78 is 97.0. The van der Waals surface area contributed by atoms with Crippen LogP contribution in [0, 0.1) is 6.92 Å². The van der Waals surface area contributed by atoms with Gasteiger partial charge >= 0.3 is 12.4 Å². The number of alkyl halides is 6. The highest BCUT2D eigenvalue weighted by Gasteiger charge is 2.36. The summed E-state index contributed by atoms with van der Waals surface area (Å²) in [5, 5.41) is 3.07. The van der Waals surface area contributed by atoms with Crippen molar-refractivity contribution in [3.63, 3.8) is 0 Å². The van der Waals surface area contributed by atoms with E-state index in [1.165, 1.54) is 13.3 Å². The highest BCUT2D eigenvalue weighted by Crippen LogP contribution is 2.38. The number of ether oxygens (including phenoxy) is 3. The Kier molecular flexibility index (Phi) is 9.14. The number of rotatable bonds is 8. The van der Waals surface area contributed by atoms with E-state index in [1.54, 1.807) is 18.2 Å². The van der Waals surface area contributed by atoms with Crippen LogP contribution in [0.1, 0.15) is 22.3 Å². The molecule has 0 radical (unpaired) electrons. The smallest absolute Gasteiger partial charge is 0.416 e. The SMILES string of the molecule is COc1cc(C)ccc1Oc1nc(Nc2ccc(N3CCOCC3)cc2)ncc1N=Cc1cc(C(F)(F)F)cc(C(F)(F)F)c1. The van der Waals surface area contributed by atoms with Gasteiger partial charge in [0.15, 0.2) is 11.5 Å². The van der Waals surface area contributed by atoms with E-state index >= 15 is 0 Å². The minimum absolute atomic E-state index is 0.0482. The molecule has 0 aliphatic carbocycles.